The maximum atomic E-state index is 10.3. The van der Waals surface area contributed by atoms with Crippen molar-refractivity contribution in [2.45, 2.75) is 6.42 Å². The Morgan fingerprint density at radius 3 is 2.75 bits per heavy atom. The van der Waals surface area contributed by atoms with Crippen molar-refractivity contribution in [3.8, 4) is 0 Å². The molecule has 1 heterocycles. The number of nitrogens with two attached hydrogens (primary N) is 1. The summed E-state index contributed by atoms with van der Waals surface area (Å²) in [6.45, 7) is 0.518. The lowest BCUT2D eigenvalue weighted by molar-refractivity contribution is 0.253. The predicted octanol–water partition coefficient (Wildman–Crippen LogP) is -0.0115. The monoisotopic (exact) mass is 268 g/mol. The molecule has 7 nitrogen and oxygen atoms in total. The molecule has 0 aliphatic heterocycles. The van der Waals surface area contributed by atoms with E-state index in [2.05, 4.69) is 20.6 Å². The van der Waals surface area contributed by atoms with E-state index in [1.165, 1.54) is 0 Å². The second-order valence-corrected chi connectivity index (χ2v) is 2.60. The minimum atomic E-state index is -0.748. The summed E-state index contributed by atoms with van der Waals surface area (Å²) in [5.41, 5.74) is 5.70. The smallest absolute Gasteiger partial charge is 0.318 e. The Bertz CT molecular complexity index is 315. The number of nitrogens with one attached hydrogen (secondary N) is 4. The van der Waals surface area contributed by atoms with E-state index in [1.807, 2.05) is 0 Å². The van der Waals surface area contributed by atoms with Crippen molar-refractivity contribution < 1.29 is 4.79 Å². The Hall–Kier alpha value is -1.47. The normalized spacial score (nSPS) is 8.25. The van der Waals surface area contributed by atoms with Gasteiger partial charge in [0.1, 0.15) is 0 Å². The molecule has 16 heavy (non-hydrogen) atoms. The number of imidazole rings is 1. The molecule has 0 radical (unpaired) electrons. The number of aromatic nitrogens is 2. The Labute approximate surface area is 105 Å². The lowest BCUT2D eigenvalue weighted by atomic mass is 10.3. The molecular formula is C7H14Cl2N6O. The van der Waals surface area contributed by atoms with E-state index >= 15 is 0 Å². The fourth-order valence-corrected chi connectivity index (χ4v) is 0.911. The second kappa shape index (κ2) is 8.81. The molecule has 0 saturated heterocycles. The van der Waals surface area contributed by atoms with Crippen molar-refractivity contribution in [2.24, 2.45) is 5.73 Å². The molecule has 92 valence electrons. The molecule has 1 rings (SSSR count). The number of amides is 2. The molecule has 0 unspecified atom stereocenters. The lowest BCUT2D eigenvalue weighted by Gasteiger charge is -2.05. The molecule has 0 atom stereocenters. The van der Waals surface area contributed by atoms with Crippen LogP contribution in [0.2, 0.25) is 0 Å². The van der Waals surface area contributed by atoms with Gasteiger partial charge in [-0.25, -0.2) is 9.78 Å². The van der Waals surface area contributed by atoms with Crippen molar-refractivity contribution >= 4 is 36.8 Å². The van der Waals surface area contributed by atoms with Gasteiger partial charge >= 0.3 is 6.03 Å². The van der Waals surface area contributed by atoms with Crippen LogP contribution in [0.25, 0.3) is 0 Å². The standard InChI is InChI=1S/C7H12N6O.2ClH/c8-6(13-7(9)14)11-2-1-5-3-10-4-12-5;;/h3-4H,1-2H2,(H,10,12)(H5,8,9,11,13,14);2*1H. The van der Waals surface area contributed by atoms with Gasteiger partial charge in [0.2, 0.25) is 0 Å². The topological polar surface area (TPSA) is 120 Å². The van der Waals surface area contributed by atoms with Gasteiger partial charge < -0.3 is 16.0 Å². The first kappa shape index (κ1) is 16.9. The van der Waals surface area contributed by atoms with E-state index < -0.39 is 6.03 Å². The van der Waals surface area contributed by atoms with Gasteiger partial charge in [-0.3, -0.25) is 10.7 Å². The van der Waals surface area contributed by atoms with Crippen molar-refractivity contribution in [3.63, 3.8) is 0 Å². The van der Waals surface area contributed by atoms with Gasteiger partial charge in [0, 0.05) is 19.2 Å². The molecule has 0 fully saturated rings. The first-order chi connectivity index (χ1) is 6.68. The van der Waals surface area contributed by atoms with Crippen molar-refractivity contribution in [1.82, 2.24) is 20.6 Å². The number of carbonyl (C=O) groups is 1. The fourth-order valence-electron chi connectivity index (χ4n) is 0.911. The quantitative estimate of drug-likeness (QED) is 0.392. The molecule has 6 N–H and O–H groups in total. The maximum absolute atomic E-state index is 10.3. The van der Waals surface area contributed by atoms with Crippen molar-refractivity contribution in [1.29, 1.82) is 5.41 Å². The number of carbonyl (C=O) groups excluding carboxylic acids is 1. The van der Waals surface area contributed by atoms with Gasteiger partial charge in [-0.05, 0) is 0 Å². The van der Waals surface area contributed by atoms with Crippen molar-refractivity contribution in [3.05, 3.63) is 18.2 Å². The molecule has 0 spiro atoms. The highest BCUT2D eigenvalue weighted by Crippen LogP contribution is 1.89. The maximum Gasteiger partial charge on any atom is 0.318 e. The van der Waals surface area contributed by atoms with Gasteiger partial charge in [0.05, 0.1) is 12.0 Å². The van der Waals surface area contributed by atoms with E-state index in [-0.39, 0.29) is 30.8 Å². The Kier molecular flexibility index (Phi) is 9.33. The Morgan fingerprint density at radius 1 is 1.56 bits per heavy atom. The van der Waals surface area contributed by atoms with Crippen LogP contribution in [0.4, 0.5) is 4.79 Å². The number of hydrogen-bond donors (Lipinski definition) is 5. The van der Waals surface area contributed by atoms with Crippen LogP contribution < -0.4 is 16.4 Å². The van der Waals surface area contributed by atoms with Crippen LogP contribution in [0.3, 0.4) is 0 Å². The van der Waals surface area contributed by atoms with E-state index in [0.717, 1.165) is 5.69 Å². The van der Waals surface area contributed by atoms with Crippen LogP contribution in [0.15, 0.2) is 12.5 Å². The van der Waals surface area contributed by atoms with Crippen LogP contribution >= 0.6 is 24.8 Å². The molecule has 0 aliphatic carbocycles. The van der Waals surface area contributed by atoms with Gasteiger partial charge in [0.25, 0.3) is 0 Å². The van der Waals surface area contributed by atoms with Crippen LogP contribution in [-0.4, -0.2) is 28.5 Å². The van der Waals surface area contributed by atoms with E-state index in [0.29, 0.717) is 13.0 Å². The minimum absolute atomic E-state index is 0. The van der Waals surface area contributed by atoms with Gasteiger partial charge in [-0.1, -0.05) is 0 Å². The fraction of sp³-hybridized carbons (Fsp3) is 0.286. The zero-order chi connectivity index (χ0) is 10.4. The molecule has 0 aromatic carbocycles. The molecule has 0 saturated carbocycles. The molecular weight excluding hydrogens is 255 g/mol. The third-order valence-corrected chi connectivity index (χ3v) is 1.49. The van der Waals surface area contributed by atoms with Gasteiger partial charge in [-0.2, -0.15) is 0 Å². The van der Waals surface area contributed by atoms with Gasteiger partial charge in [0.15, 0.2) is 5.96 Å². The number of guanidine groups is 1. The molecule has 1 aromatic rings. The second-order valence-electron chi connectivity index (χ2n) is 2.60. The summed E-state index contributed by atoms with van der Waals surface area (Å²) < 4.78 is 0. The summed E-state index contributed by atoms with van der Waals surface area (Å²) >= 11 is 0. The van der Waals surface area contributed by atoms with E-state index in [9.17, 15) is 4.79 Å². The Morgan fingerprint density at radius 2 is 2.25 bits per heavy atom. The largest absolute Gasteiger partial charge is 0.356 e. The molecule has 9 heteroatoms. The summed E-state index contributed by atoms with van der Waals surface area (Å²) in [6, 6.07) is -0.748. The molecule has 2 amide bonds. The van der Waals surface area contributed by atoms with Gasteiger partial charge in [-0.15, -0.1) is 24.8 Å². The van der Waals surface area contributed by atoms with E-state index in [4.69, 9.17) is 11.1 Å². The number of nitrogens with zero attached hydrogens (tertiary/aromatic N) is 1. The highest BCUT2D eigenvalue weighted by Gasteiger charge is 1.98. The molecule has 0 bridgehead atoms. The average molecular weight is 269 g/mol. The molecule has 1 aromatic heterocycles. The number of urea groups is 1. The zero-order valence-corrected chi connectivity index (χ0v) is 9.95. The average Bonchev–Trinajstić information content (AvgIpc) is 2.55. The third-order valence-electron chi connectivity index (χ3n) is 1.49. The van der Waals surface area contributed by atoms with Crippen LogP contribution in [0.1, 0.15) is 5.69 Å². The van der Waals surface area contributed by atoms with Crippen LogP contribution in [-0.2, 0) is 6.42 Å². The highest BCUT2D eigenvalue weighted by atomic mass is 35.5. The number of hydrogen-bond acceptors (Lipinski definition) is 3. The van der Waals surface area contributed by atoms with Crippen LogP contribution in [0.5, 0.6) is 0 Å². The van der Waals surface area contributed by atoms with Crippen LogP contribution in [0, 0.1) is 5.41 Å². The number of aromatic amines is 1. The summed E-state index contributed by atoms with van der Waals surface area (Å²) in [5, 5.41) is 12.0. The summed E-state index contributed by atoms with van der Waals surface area (Å²) in [6.07, 6.45) is 4.03. The SMILES string of the molecule is Cl.Cl.N=C(NCCc1c[nH]cn1)NC(N)=O. The summed E-state index contributed by atoms with van der Waals surface area (Å²) in [7, 11) is 0. The first-order valence-electron chi connectivity index (χ1n) is 4.05. The number of H-pyrrole nitrogens is 1. The molecule has 0 aliphatic rings. The summed E-state index contributed by atoms with van der Waals surface area (Å²) in [5.74, 6) is -0.104. The summed E-state index contributed by atoms with van der Waals surface area (Å²) in [4.78, 5) is 17.1. The minimum Gasteiger partial charge on any atom is -0.356 e. The number of rotatable bonds is 3. The third kappa shape index (κ3) is 6.91. The number of halogens is 2. The lowest BCUT2D eigenvalue weighted by Crippen LogP contribution is -2.43. The van der Waals surface area contributed by atoms with Crippen molar-refractivity contribution in [2.75, 3.05) is 6.54 Å². The number of primary amides is 1. The Balaban J connectivity index is 0. The highest BCUT2D eigenvalue weighted by molar-refractivity contribution is 5.93. The predicted molar refractivity (Wildman–Crippen MR) is 65.2 cm³/mol. The first-order valence-corrected chi connectivity index (χ1v) is 4.05. The van der Waals surface area contributed by atoms with E-state index in [1.54, 1.807) is 12.5 Å². The zero-order valence-electron chi connectivity index (χ0n) is 8.32.